The van der Waals surface area contributed by atoms with E-state index in [0.29, 0.717) is 30.6 Å². The summed E-state index contributed by atoms with van der Waals surface area (Å²) >= 11 is 0. The Morgan fingerprint density at radius 3 is 2.37 bits per heavy atom. The van der Waals surface area contributed by atoms with E-state index in [-0.39, 0.29) is 0 Å². The third-order valence-corrected chi connectivity index (χ3v) is 5.67. The van der Waals surface area contributed by atoms with Crippen LogP contribution in [-0.2, 0) is 4.79 Å². The number of hydrogen-bond donors (Lipinski definition) is 1. The third kappa shape index (κ3) is 2.67. The van der Waals surface area contributed by atoms with Gasteiger partial charge >= 0.3 is 0 Å². The van der Waals surface area contributed by atoms with Crippen LogP contribution in [0.25, 0.3) is 0 Å². The molecule has 1 saturated heterocycles. The van der Waals surface area contributed by atoms with Crippen LogP contribution in [0.2, 0.25) is 0 Å². The molecule has 1 heterocycles. The van der Waals surface area contributed by atoms with Gasteiger partial charge < -0.3 is 4.90 Å². The standard InChI is InChI=1S/C16H28N2O/c1-12(13-7-3-2-4-8-13)18-15(19)11-17-16(18)14-9-5-6-10-14/h12-14,16-17H,2-11H2,1H3. The monoisotopic (exact) mass is 264 g/mol. The van der Waals surface area contributed by atoms with E-state index >= 15 is 0 Å². The second-order valence-electron chi connectivity index (χ2n) is 6.81. The minimum atomic E-state index is 0.340. The Hall–Kier alpha value is -0.570. The van der Waals surface area contributed by atoms with Crippen molar-refractivity contribution in [1.29, 1.82) is 0 Å². The first-order valence-corrected chi connectivity index (χ1v) is 8.32. The maximum atomic E-state index is 12.3. The molecule has 2 unspecified atom stereocenters. The highest BCUT2D eigenvalue weighted by Gasteiger charge is 2.41. The Labute approximate surface area is 117 Å². The fourth-order valence-corrected chi connectivity index (χ4v) is 4.53. The molecule has 19 heavy (non-hydrogen) atoms. The predicted octanol–water partition coefficient (Wildman–Crippen LogP) is 2.90. The lowest BCUT2D eigenvalue weighted by molar-refractivity contribution is -0.132. The first-order chi connectivity index (χ1) is 9.27. The molecular weight excluding hydrogens is 236 g/mol. The molecule has 0 bridgehead atoms. The van der Waals surface area contributed by atoms with Gasteiger partial charge in [-0.05, 0) is 44.4 Å². The van der Waals surface area contributed by atoms with Crippen LogP contribution in [0.3, 0.4) is 0 Å². The van der Waals surface area contributed by atoms with Gasteiger partial charge in [0, 0.05) is 6.04 Å². The summed E-state index contributed by atoms with van der Waals surface area (Å²) in [5.74, 6) is 1.79. The van der Waals surface area contributed by atoms with Crippen molar-refractivity contribution >= 4 is 5.91 Å². The van der Waals surface area contributed by atoms with Crippen LogP contribution in [0.5, 0.6) is 0 Å². The Kier molecular flexibility index (Phi) is 4.11. The van der Waals surface area contributed by atoms with Gasteiger partial charge in [0.2, 0.25) is 5.91 Å². The molecule has 2 saturated carbocycles. The first-order valence-electron chi connectivity index (χ1n) is 8.32. The molecule has 0 radical (unpaired) electrons. The summed E-state index contributed by atoms with van der Waals surface area (Å²) in [5.41, 5.74) is 0. The minimum Gasteiger partial charge on any atom is -0.323 e. The molecule has 2 atom stereocenters. The summed E-state index contributed by atoms with van der Waals surface area (Å²) < 4.78 is 0. The van der Waals surface area contributed by atoms with Crippen LogP contribution >= 0.6 is 0 Å². The number of amides is 1. The van der Waals surface area contributed by atoms with E-state index in [9.17, 15) is 4.79 Å². The maximum absolute atomic E-state index is 12.3. The van der Waals surface area contributed by atoms with Crippen molar-refractivity contribution in [3.8, 4) is 0 Å². The topological polar surface area (TPSA) is 32.3 Å². The summed E-state index contributed by atoms with van der Waals surface area (Å²) in [7, 11) is 0. The molecule has 2 aliphatic carbocycles. The molecule has 1 amide bonds. The van der Waals surface area contributed by atoms with Crippen molar-refractivity contribution in [2.24, 2.45) is 11.8 Å². The number of hydrogen-bond acceptors (Lipinski definition) is 2. The highest BCUT2D eigenvalue weighted by atomic mass is 16.2. The van der Waals surface area contributed by atoms with Gasteiger partial charge in [0.25, 0.3) is 0 Å². The van der Waals surface area contributed by atoms with Gasteiger partial charge in [0.1, 0.15) is 0 Å². The van der Waals surface area contributed by atoms with Crippen molar-refractivity contribution in [3.05, 3.63) is 0 Å². The summed E-state index contributed by atoms with van der Waals surface area (Å²) in [6.45, 7) is 2.86. The van der Waals surface area contributed by atoms with Crippen LogP contribution in [0.4, 0.5) is 0 Å². The zero-order valence-electron chi connectivity index (χ0n) is 12.2. The third-order valence-electron chi connectivity index (χ3n) is 5.67. The maximum Gasteiger partial charge on any atom is 0.238 e. The van der Waals surface area contributed by atoms with Gasteiger partial charge in [-0.3, -0.25) is 10.1 Å². The summed E-state index contributed by atoms with van der Waals surface area (Å²) in [5, 5.41) is 3.49. The van der Waals surface area contributed by atoms with Crippen LogP contribution in [0, 0.1) is 11.8 Å². The molecule has 3 heteroatoms. The molecule has 108 valence electrons. The average molecular weight is 264 g/mol. The fraction of sp³-hybridized carbons (Fsp3) is 0.938. The van der Waals surface area contributed by atoms with Gasteiger partial charge in [0.15, 0.2) is 0 Å². The van der Waals surface area contributed by atoms with Crippen molar-refractivity contribution in [2.45, 2.75) is 76.9 Å². The lowest BCUT2D eigenvalue weighted by Gasteiger charge is -2.39. The molecule has 0 aromatic rings. The number of carbonyl (C=O) groups excluding carboxylic acids is 1. The lowest BCUT2D eigenvalue weighted by Crippen LogP contribution is -2.49. The molecule has 0 aromatic heterocycles. The van der Waals surface area contributed by atoms with E-state index in [2.05, 4.69) is 17.1 Å². The number of rotatable bonds is 3. The second kappa shape index (κ2) is 5.82. The van der Waals surface area contributed by atoms with E-state index in [1.165, 1.54) is 57.8 Å². The lowest BCUT2D eigenvalue weighted by atomic mass is 9.83. The van der Waals surface area contributed by atoms with Crippen molar-refractivity contribution in [2.75, 3.05) is 6.54 Å². The van der Waals surface area contributed by atoms with E-state index in [4.69, 9.17) is 0 Å². The smallest absolute Gasteiger partial charge is 0.238 e. The normalized spacial score (nSPS) is 32.2. The number of carbonyl (C=O) groups is 1. The van der Waals surface area contributed by atoms with Crippen LogP contribution in [0.15, 0.2) is 0 Å². The van der Waals surface area contributed by atoms with Crippen molar-refractivity contribution < 1.29 is 4.79 Å². The molecule has 0 spiro atoms. The molecule has 1 N–H and O–H groups in total. The predicted molar refractivity (Wildman–Crippen MR) is 76.6 cm³/mol. The Morgan fingerprint density at radius 1 is 1.05 bits per heavy atom. The first kappa shape index (κ1) is 13.4. The highest BCUT2D eigenvalue weighted by molar-refractivity contribution is 5.81. The van der Waals surface area contributed by atoms with E-state index in [1.54, 1.807) is 0 Å². The Morgan fingerprint density at radius 2 is 1.68 bits per heavy atom. The molecule has 3 rings (SSSR count). The molecular formula is C16H28N2O. The molecule has 3 aliphatic rings. The number of nitrogens with zero attached hydrogens (tertiary/aromatic N) is 1. The van der Waals surface area contributed by atoms with Crippen molar-refractivity contribution in [1.82, 2.24) is 10.2 Å². The average Bonchev–Trinajstić information content (AvgIpc) is 3.08. The largest absolute Gasteiger partial charge is 0.323 e. The number of nitrogens with one attached hydrogen (secondary N) is 1. The van der Waals surface area contributed by atoms with Gasteiger partial charge in [-0.15, -0.1) is 0 Å². The Balaban J connectivity index is 1.69. The SMILES string of the molecule is CC(C1CCCCC1)N1C(=O)CNC1C1CCCC1. The van der Waals surface area contributed by atoms with Gasteiger partial charge in [0.05, 0.1) is 12.7 Å². The summed E-state index contributed by atoms with van der Waals surface area (Å²) in [4.78, 5) is 14.5. The molecule has 3 nitrogen and oxygen atoms in total. The Bertz CT molecular complexity index is 319. The molecule has 1 aliphatic heterocycles. The van der Waals surface area contributed by atoms with Crippen LogP contribution in [0.1, 0.15) is 64.7 Å². The second-order valence-corrected chi connectivity index (χ2v) is 6.81. The van der Waals surface area contributed by atoms with Crippen molar-refractivity contribution in [3.63, 3.8) is 0 Å². The van der Waals surface area contributed by atoms with Gasteiger partial charge in [-0.2, -0.15) is 0 Å². The zero-order valence-corrected chi connectivity index (χ0v) is 12.2. The van der Waals surface area contributed by atoms with E-state index in [0.717, 1.165) is 5.92 Å². The molecule has 0 aromatic carbocycles. The van der Waals surface area contributed by atoms with E-state index < -0.39 is 0 Å². The molecule has 3 fully saturated rings. The minimum absolute atomic E-state index is 0.340. The fourth-order valence-electron chi connectivity index (χ4n) is 4.53. The van der Waals surface area contributed by atoms with Crippen LogP contribution in [-0.4, -0.2) is 29.6 Å². The van der Waals surface area contributed by atoms with Gasteiger partial charge in [-0.25, -0.2) is 0 Å². The quantitative estimate of drug-likeness (QED) is 0.850. The summed E-state index contributed by atoms with van der Waals surface area (Å²) in [6, 6.07) is 0.438. The van der Waals surface area contributed by atoms with Gasteiger partial charge in [-0.1, -0.05) is 32.1 Å². The highest BCUT2D eigenvalue weighted by Crippen LogP contribution is 2.35. The zero-order chi connectivity index (χ0) is 13.2. The van der Waals surface area contributed by atoms with E-state index in [1.807, 2.05) is 0 Å². The van der Waals surface area contributed by atoms with Crippen LogP contribution < -0.4 is 5.32 Å². The summed E-state index contributed by atoms with van der Waals surface area (Å²) in [6.07, 6.45) is 12.4.